The highest BCUT2D eigenvalue weighted by Crippen LogP contribution is 2.13. The maximum absolute atomic E-state index is 9.43. The molecule has 0 aliphatic carbocycles. The zero-order chi connectivity index (χ0) is 22.2. The molecule has 30 heavy (non-hydrogen) atoms. The molecule has 0 bridgehead atoms. The fourth-order valence-electron chi connectivity index (χ4n) is 2.74. The molecule has 1 aliphatic rings. The van der Waals surface area contributed by atoms with Crippen molar-refractivity contribution in [2.75, 3.05) is 20.2 Å². The lowest BCUT2D eigenvalue weighted by atomic mass is 9.98. The summed E-state index contributed by atoms with van der Waals surface area (Å²) in [4.78, 5) is 6.17. The molecule has 1 heterocycles. The van der Waals surface area contributed by atoms with E-state index in [2.05, 4.69) is 34.8 Å². The van der Waals surface area contributed by atoms with Gasteiger partial charge in [-0.3, -0.25) is 4.99 Å². The predicted molar refractivity (Wildman–Crippen MR) is 125 cm³/mol. The van der Waals surface area contributed by atoms with Crippen LogP contribution in [0, 0.1) is 5.92 Å². The summed E-state index contributed by atoms with van der Waals surface area (Å²) in [5, 5.41) is 22.2. The van der Waals surface area contributed by atoms with E-state index in [1.807, 2.05) is 50.6 Å². The third kappa shape index (κ3) is 10.4. The first-order valence-corrected chi connectivity index (χ1v) is 10.4. The number of likely N-dealkylation sites (N-methyl/N-ethyl adjacent to an activating group) is 1. The van der Waals surface area contributed by atoms with Crippen molar-refractivity contribution in [3.63, 3.8) is 0 Å². The number of aliphatic imine (C=N–C) groups is 1. The summed E-state index contributed by atoms with van der Waals surface area (Å²) in [5.41, 5.74) is 0. The number of unbranched alkanes of at least 4 members (excludes halogenated alkanes) is 1. The molecular weight excluding hydrogens is 378 g/mol. The van der Waals surface area contributed by atoms with Crippen molar-refractivity contribution in [2.45, 2.75) is 45.1 Å². The maximum Gasteiger partial charge on any atom is 0.159 e. The molecule has 3 atom stereocenters. The number of ether oxygens (including phenoxy) is 1. The van der Waals surface area contributed by atoms with Gasteiger partial charge in [0.25, 0.3) is 0 Å². The summed E-state index contributed by atoms with van der Waals surface area (Å²) in [6.07, 6.45) is 21.1. The minimum absolute atomic E-state index is 0.172. The fourth-order valence-corrected chi connectivity index (χ4v) is 2.74. The Morgan fingerprint density at radius 3 is 2.83 bits per heavy atom. The third-order valence-corrected chi connectivity index (χ3v) is 4.71. The quantitative estimate of drug-likeness (QED) is 0.176. The highest BCUT2D eigenvalue weighted by molar-refractivity contribution is 5.67. The van der Waals surface area contributed by atoms with Crippen molar-refractivity contribution in [1.82, 2.24) is 10.2 Å². The average Bonchev–Trinajstić information content (AvgIpc) is 2.74. The van der Waals surface area contributed by atoms with Gasteiger partial charge in [0, 0.05) is 37.6 Å². The van der Waals surface area contributed by atoms with E-state index in [1.54, 1.807) is 24.6 Å². The minimum atomic E-state index is -1.40. The van der Waals surface area contributed by atoms with Crippen LogP contribution >= 0.6 is 0 Å². The van der Waals surface area contributed by atoms with Crippen LogP contribution in [0.1, 0.15) is 26.7 Å². The molecule has 1 aliphatic heterocycles. The summed E-state index contributed by atoms with van der Waals surface area (Å²) in [5.74, 6) is 0.390. The van der Waals surface area contributed by atoms with Gasteiger partial charge in [0.15, 0.2) is 6.29 Å². The van der Waals surface area contributed by atoms with Crippen LogP contribution in [-0.4, -0.2) is 59.9 Å². The van der Waals surface area contributed by atoms with Crippen molar-refractivity contribution in [3.05, 3.63) is 73.3 Å². The summed E-state index contributed by atoms with van der Waals surface area (Å²) in [6, 6.07) is 0.0995. The second-order valence-corrected chi connectivity index (χ2v) is 7.10. The number of aliphatic hydroxyl groups is 2. The number of nitrogens with one attached hydrogen (secondary N) is 1. The Morgan fingerprint density at radius 2 is 2.13 bits per heavy atom. The second-order valence-electron chi connectivity index (χ2n) is 7.10. The lowest BCUT2D eigenvalue weighted by molar-refractivity contribution is -0.0735. The Morgan fingerprint density at radius 1 is 1.33 bits per heavy atom. The minimum Gasteiger partial charge on any atom is -0.494 e. The monoisotopic (exact) mass is 415 g/mol. The number of allylic oxidation sites excluding steroid dienone is 6. The molecule has 0 fully saturated rings. The van der Waals surface area contributed by atoms with Gasteiger partial charge in [0.05, 0.1) is 12.6 Å². The molecule has 0 amide bonds. The van der Waals surface area contributed by atoms with E-state index < -0.39 is 6.29 Å². The van der Waals surface area contributed by atoms with Crippen LogP contribution in [0.2, 0.25) is 0 Å². The van der Waals surface area contributed by atoms with Gasteiger partial charge >= 0.3 is 0 Å². The molecule has 0 aromatic heterocycles. The molecule has 6 nitrogen and oxygen atoms in total. The largest absolute Gasteiger partial charge is 0.494 e. The molecule has 0 saturated heterocycles. The molecule has 0 aromatic rings. The smallest absolute Gasteiger partial charge is 0.159 e. The van der Waals surface area contributed by atoms with Crippen LogP contribution in [0.25, 0.3) is 0 Å². The first kappa shape index (κ1) is 25.6. The van der Waals surface area contributed by atoms with Crippen LogP contribution < -0.4 is 5.32 Å². The first-order valence-electron chi connectivity index (χ1n) is 10.4. The summed E-state index contributed by atoms with van der Waals surface area (Å²) >= 11 is 0. The van der Waals surface area contributed by atoms with Crippen LogP contribution in [0.4, 0.5) is 0 Å². The maximum atomic E-state index is 9.43. The Hall–Kier alpha value is -2.41. The first-order chi connectivity index (χ1) is 14.5. The van der Waals surface area contributed by atoms with Gasteiger partial charge in [-0.2, -0.15) is 0 Å². The van der Waals surface area contributed by atoms with Crippen molar-refractivity contribution < 1.29 is 14.9 Å². The lowest BCUT2D eigenvalue weighted by Gasteiger charge is -2.25. The summed E-state index contributed by atoms with van der Waals surface area (Å²) in [7, 11) is 2.03. The molecule has 0 radical (unpaired) electrons. The molecule has 0 spiro atoms. The standard InChI is InChI=1S/C24H37N3O3/c1-5-7-8-12-20(3)27(4)17-14-21(11-6-2)30-18-10-9-15-26-23-19-25-16-13-22(23)24(28)29/h5-8,11-14,16-17,19-20,22-24,26,28-29H,2,9-10,15,18H2,1,3-4H3/b7-5+,12-8-,17-14+,21-11+. The van der Waals surface area contributed by atoms with Gasteiger partial charge in [-0.1, -0.05) is 43.0 Å². The normalized spacial score (nSPS) is 20.7. The van der Waals surface area contributed by atoms with E-state index in [0.29, 0.717) is 6.61 Å². The Labute approximate surface area is 181 Å². The predicted octanol–water partition coefficient (Wildman–Crippen LogP) is 3.30. The van der Waals surface area contributed by atoms with Crippen molar-refractivity contribution in [3.8, 4) is 0 Å². The number of nitrogens with zero attached hydrogens (tertiary/aromatic N) is 2. The van der Waals surface area contributed by atoms with Crippen LogP contribution in [0.5, 0.6) is 0 Å². The topological polar surface area (TPSA) is 77.3 Å². The zero-order valence-electron chi connectivity index (χ0n) is 18.4. The molecule has 6 heteroatoms. The van der Waals surface area contributed by atoms with E-state index in [9.17, 15) is 10.2 Å². The second kappa shape index (κ2) is 15.4. The summed E-state index contributed by atoms with van der Waals surface area (Å²) in [6.45, 7) is 9.21. The Kier molecular flexibility index (Phi) is 13.2. The molecule has 1 rings (SSSR count). The van der Waals surface area contributed by atoms with Gasteiger partial charge < -0.3 is 25.2 Å². The van der Waals surface area contributed by atoms with E-state index >= 15 is 0 Å². The molecule has 3 unspecified atom stereocenters. The van der Waals surface area contributed by atoms with E-state index in [1.165, 1.54) is 0 Å². The lowest BCUT2D eigenvalue weighted by Crippen LogP contribution is -2.43. The Bertz CT molecular complexity index is 663. The fraction of sp³-hybridized carbons (Fsp3) is 0.458. The van der Waals surface area contributed by atoms with Crippen LogP contribution in [-0.2, 0) is 4.74 Å². The highest BCUT2D eigenvalue weighted by atomic mass is 16.5. The number of aliphatic hydroxyl groups excluding tert-OH is 1. The van der Waals surface area contributed by atoms with E-state index in [-0.39, 0.29) is 18.0 Å². The average molecular weight is 416 g/mol. The number of hydrogen-bond donors (Lipinski definition) is 3. The summed E-state index contributed by atoms with van der Waals surface area (Å²) < 4.78 is 5.86. The van der Waals surface area contributed by atoms with E-state index in [4.69, 9.17) is 4.74 Å². The molecule has 0 saturated carbocycles. The van der Waals surface area contributed by atoms with Crippen molar-refractivity contribution in [2.24, 2.45) is 10.9 Å². The van der Waals surface area contributed by atoms with Gasteiger partial charge in [0.2, 0.25) is 0 Å². The molecule has 166 valence electrons. The number of rotatable bonds is 14. The van der Waals surface area contributed by atoms with Crippen molar-refractivity contribution >= 4 is 6.21 Å². The van der Waals surface area contributed by atoms with Gasteiger partial charge in [-0.05, 0) is 45.4 Å². The molecule has 3 N–H and O–H groups in total. The third-order valence-electron chi connectivity index (χ3n) is 4.71. The molecule has 0 aromatic carbocycles. The van der Waals surface area contributed by atoms with Crippen LogP contribution in [0.15, 0.2) is 78.3 Å². The van der Waals surface area contributed by atoms with E-state index in [0.717, 1.165) is 25.1 Å². The van der Waals surface area contributed by atoms with Gasteiger partial charge in [0.1, 0.15) is 5.76 Å². The van der Waals surface area contributed by atoms with Crippen molar-refractivity contribution in [1.29, 1.82) is 0 Å². The van der Waals surface area contributed by atoms with Crippen LogP contribution in [0.3, 0.4) is 0 Å². The Balaban J connectivity index is 2.34. The number of hydrogen-bond acceptors (Lipinski definition) is 6. The van der Waals surface area contributed by atoms with Gasteiger partial charge in [-0.25, -0.2) is 0 Å². The van der Waals surface area contributed by atoms with Gasteiger partial charge in [-0.15, -0.1) is 0 Å². The SMILES string of the molecule is C=C/C=C(\C=C\N(C)C(C)/C=C\C=C\C)OCCCCNC1C=NC=CC1C(O)O. The zero-order valence-corrected chi connectivity index (χ0v) is 18.4. The molecular formula is C24H37N3O3. The highest BCUT2D eigenvalue weighted by Gasteiger charge is 2.24.